The summed E-state index contributed by atoms with van der Waals surface area (Å²) in [7, 11) is 0. The number of rotatable bonds is 5. The molecule has 1 aromatic rings. The fourth-order valence-electron chi connectivity index (χ4n) is 2.19. The fourth-order valence-corrected chi connectivity index (χ4v) is 2.19. The van der Waals surface area contributed by atoms with Crippen molar-refractivity contribution in [2.24, 2.45) is 5.10 Å². The maximum atomic E-state index is 13.8. The van der Waals surface area contributed by atoms with E-state index in [9.17, 15) is 8.78 Å². The number of hydrogen-bond acceptors (Lipinski definition) is 5. The lowest BCUT2D eigenvalue weighted by atomic mass is 10.0. The Labute approximate surface area is 122 Å². The molecule has 21 heavy (non-hydrogen) atoms. The molecule has 2 rings (SSSR count). The molecule has 1 atom stereocenters. The molecule has 0 bridgehead atoms. The van der Waals surface area contributed by atoms with Gasteiger partial charge in [-0.2, -0.15) is 5.10 Å². The van der Waals surface area contributed by atoms with Crippen LogP contribution in [-0.2, 0) is 0 Å². The summed E-state index contributed by atoms with van der Waals surface area (Å²) in [5.74, 6) is -2.78. The number of nitrogens with zero attached hydrogens (tertiary/aromatic N) is 3. The van der Waals surface area contributed by atoms with Gasteiger partial charge in [0.25, 0.3) is 5.92 Å². The van der Waals surface area contributed by atoms with Gasteiger partial charge in [-0.3, -0.25) is 4.98 Å². The summed E-state index contributed by atoms with van der Waals surface area (Å²) in [6, 6.07) is 0.822. The first-order valence-electron chi connectivity index (χ1n) is 6.77. The summed E-state index contributed by atoms with van der Waals surface area (Å²) < 4.78 is 27.6. The number of piperidine rings is 1. The average Bonchev–Trinajstić information content (AvgIpc) is 2.47. The molecule has 5 nitrogen and oxygen atoms in total. The van der Waals surface area contributed by atoms with Crippen molar-refractivity contribution in [3.05, 3.63) is 31.2 Å². The molecular weight excluding hydrogens is 276 g/mol. The number of alkyl halides is 2. The normalized spacial score (nSPS) is 21.2. The van der Waals surface area contributed by atoms with Gasteiger partial charge in [0.15, 0.2) is 0 Å². The Morgan fingerprint density at radius 3 is 3.05 bits per heavy atom. The molecule has 1 unspecified atom stereocenters. The van der Waals surface area contributed by atoms with Crippen molar-refractivity contribution in [3.8, 4) is 0 Å². The van der Waals surface area contributed by atoms with Crippen LogP contribution in [0.25, 0.3) is 0 Å². The van der Waals surface area contributed by atoms with E-state index in [-0.39, 0.29) is 6.54 Å². The van der Waals surface area contributed by atoms with Gasteiger partial charge < -0.3 is 10.6 Å². The van der Waals surface area contributed by atoms with Gasteiger partial charge in [0, 0.05) is 12.4 Å². The van der Waals surface area contributed by atoms with Crippen molar-refractivity contribution in [1.82, 2.24) is 10.3 Å². The maximum absolute atomic E-state index is 13.8. The van der Waals surface area contributed by atoms with Crippen LogP contribution >= 0.6 is 0 Å². The SMILES string of the molecule is C=CN(/N=C\C)c1cncc(NC2CCNCC2(F)F)c1. The van der Waals surface area contributed by atoms with Crippen molar-refractivity contribution in [2.75, 3.05) is 23.4 Å². The molecule has 0 aromatic carbocycles. The third-order valence-corrected chi connectivity index (χ3v) is 3.22. The molecule has 1 aromatic heterocycles. The lowest BCUT2D eigenvalue weighted by molar-refractivity contribution is -0.0321. The summed E-state index contributed by atoms with van der Waals surface area (Å²) in [5.41, 5.74) is 1.20. The van der Waals surface area contributed by atoms with Crippen LogP contribution in [0.3, 0.4) is 0 Å². The number of halogens is 2. The van der Waals surface area contributed by atoms with E-state index in [0.29, 0.717) is 24.3 Å². The van der Waals surface area contributed by atoms with Crippen molar-refractivity contribution in [3.63, 3.8) is 0 Å². The van der Waals surface area contributed by atoms with Crippen LogP contribution in [0.5, 0.6) is 0 Å². The lowest BCUT2D eigenvalue weighted by Gasteiger charge is -2.33. The summed E-state index contributed by atoms with van der Waals surface area (Å²) in [4.78, 5) is 4.06. The second-order valence-corrected chi connectivity index (χ2v) is 4.76. The zero-order valence-electron chi connectivity index (χ0n) is 11.9. The van der Waals surface area contributed by atoms with E-state index in [1.54, 1.807) is 25.4 Å². The van der Waals surface area contributed by atoms with Crippen molar-refractivity contribution < 1.29 is 8.78 Å². The fraction of sp³-hybridized carbons (Fsp3) is 0.429. The Morgan fingerprint density at radius 2 is 2.38 bits per heavy atom. The second-order valence-electron chi connectivity index (χ2n) is 4.76. The molecule has 2 N–H and O–H groups in total. The van der Waals surface area contributed by atoms with Gasteiger partial charge >= 0.3 is 0 Å². The molecule has 0 spiro atoms. The largest absolute Gasteiger partial charge is 0.375 e. The van der Waals surface area contributed by atoms with Crippen LogP contribution < -0.4 is 15.6 Å². The molecule has 0 radical (unpaired) electrons. The molecule has 7 heteroatoms. The van der Waals surface area contributed by atoms with E-state index in [0.717, 1.165) is 0 Å². The monoisotopic (exact) mass is 295 g/mol. The zero-order valence-corrected chi connectivity index (χ0v) is 11.9. The summed E-state index contributed by atoms with van der Waals surface area (Å²) >= 11 is 0. The summed E-state index contributed by atoms with van der Waals surface area (Å²) in [5, 5.41) is 11.2. The average molecular weight is 295 g/mol. The molecule has 1 aliphatic rings. The van der Waals surface area contributed by atoms with E-state index in [1.165, 1.54) is 17.4 Å². The van der Waals surface area contributed by atoms with E-state index in [1.807, 2.05) is 0 Å². The van der Waals surface area contributed by atoms with Gasteiger partial charge in [0.2, 0.25) is 0 Å². The van der Waals surface area contributed by atoms with Gasteiger partial charge in [0.1, 0.15) is 0 Å². The number of anilines is 2. The van der Waals surface area contributed by atoms with Gasteiger partial charge in [0.05, 0.1) is 36.4 Å². The molecule has 1 saturated heterocycles. The zero-order chi connectivity index (χ0) is 15.3. The maximum Gasteiger partial charge on any atom is 0.279 e. The van der Waals surface area contributed by atoms with Crippen LogP contribution in [0.1, 0.15) is 13.3 Å². The number of nitrogens with one attached hydrogen (secondary N) is 2. The predicted octanol–water partition coefficient (Wildman–Crippen LogP) is 2.45. The van der Waals surface area contributed by atoms with Crippen molar-refractivity contribution in [1.29, 1.82) is 0 Å². The minimum Gasteiger partial charge on any atom is -0.375 e. The topological polar surface area (TPSA) is 52.6 Å². The van der Waals surface area contributed by atoms with Crippen molar-refractivity contribution in [2.45, 2.75) is 25.3 Å². The van der Waals surface area contributed by atoms with Crippen LogP contribution in [0.2, 0.25) is 0 Å². The van der Waals surface area contributed by atoms with E-state index >= 15 is 0 Å². The minimum atomic E-state index is -2.78. The summed E-state index contributed by atoms with van der Waals surface area (Å²) in [6.07, 6.45) is 6.62. The number of hydrogen-bond donors (Lipinski definition) is 2. The van der Waals surface area contributed by atoms with E-state index in [4.69, 9.17) is 0 Å². The van der Waals surface area contributed by atoms with Crippen molar-refractivity contribution >= 4 is 17.6 Å². The van der Waals surface area contributed by atoms with E-state index in [2.05, 4.69) is 27.3 Å². The van der Waals surface area contributed by atoms with Gasteiger partial charge in [-0.1, -0.05) is 6.58 Å². The van der Waals surface area contributed by atoms with E-state index < -0.39 is 12.0 Å². The molecule has 0 amide bonds. The summed E-state index contributed by atoms with van der Waals surface area (Å²) in [6.45, 7) is 5.70. The Balaban J connectivity index is 2.15. The van der Waals surface area contributed by atoms with Gasteiger partial charge in [-0.15, -0.1) is 0 Å². The first kappa shape index (κ1) is 15.4. The highest BCUT2D eigenvalue weighted by molar-refractivity contribution is 5.61. The first-order valence-corrected chi connectivity index (χ1v) is 6.77. The quantitative estimate of drug-likeness (QED) is 0.647. The number of hydrazone groups is 1. The lowest BCUT2D eigenvalue weighted by Crippen LogP contribution is -2.52. The molecule has 1 aliphatic heterocycles. The Morgan fingerprint density at radius 1 is 1.57 bits per heavy atom. The van der Waals surface area contributed by atoms with Crippen LogP contribution in [0.4, 0.5) is 20.2 Å². The Bertz CT molecular complexity index is 518. The molecule has 0 aliphatic carbocycles. The number of aromatic nitrogens is 1. The molecule has 2 heterocycles. The highest BCUT2D eigenvalue weighted by Crippen LogP contribution is 2.27. The minimum absolute atomic E-state index is 0.309. The predicted molar refractivity (Wildman–Crippen MR) is 80.9 cm³/mol. The molecule has 114 valence electrons. The molecule has 0 saturated carbocycles. The Hall–Kier alpha value is -2.02. The van der Waals surface area contributed by atoms with Crippen LogP contribution in [-0.4, -0.2) is 36.3 Å². The molecular formula is C14H19F2N5. The highest BCUT2D eigenvalue weighted by atomic mass is 19.3. The highest BCUT2D eigenvalue weighted by Gasteiger charge is 2.41. The van der Waals surface area contributed by atoms with Crippen LogP contribution in [0, 0.1) is 0 Å². The Kier molecular flexibility index (Phi) is 4.85. The third-order valence-electron chi connectivity index (χ3n) is 3.22. The molecule has 1 fully saturated rings. The van der Waals surface area contributed by atoms with Gasteiger partial charge in [-0.25, -0.2) is 13.8 Å². The van der Waals surface area contributed by atoms with Crippen LogP contribution in [0.15, 0.2) is 36.3 Å². The number of pyridine rings is 1. The van der Waals surface area contributed by atoms with Gasteiger partial charge in [-0.05, 0) is 26.0 Å². The second kappa shape index (κ2) is 6.62. The standard InChI is InChI=1S/C14H19F2N5/c1-3-19-21(4-2)12-7-11(8-18-9-12)20-13-5-6-17-10-14(13,15)16/h3-4,7-9,13,17,20H,2,5-6,10H2,1H3/b19-3-. The third kappa shape index (κ3) is 3.75. The first-order chi connectivity index (χ1) is 10.1. The smallest absolute Gasteiger partial charge is 0.279 e.